The van der Waals surface area contributed by atoms with E-state index in [4.69, 9.17) is 4.74 Å². The van der Waals surface area contributed by atoms with E-state index in [0.29, 0.717) is 0 Å². The lowest BCUT2D eigenvalue weighted by atomic mass is 10.2. The first kappa shape index (κ1) is 14.6. The Morgan fingerprint density at radius 3 is 2.80 bits per heavy atom. The number of nitrogens with zero attached hydrogens (tertiary/aromatic N) is 2. The molecule has 0 saturated carbocycles. The maximum atomic E-state index is 5.39. The molecule has 0 aliphatic rings. The number of hydrogen-bond acceptors (Lipinski definition) is 3. The molecular formula is C16H23N3O. The van der Waals surface area contributed by atoms with Crippen LogP contribution in [0.1, 0.15) is 24.6 Å². The van der Waals surface area contributed by atoms with Crippen LogP contribution in [0.15, 0.2) is 30.5 Å². The van der Waals surface area contributed by atoms with Crippen LogP contribution in [0.2, 0.25) is 0 Å². The van der Waals surface area contributed by atoms with E-state index in [9.17, 15) is 0 Å². The lowest BCUT2D eigenvalue weighted by Crippen LogP contribution is -2.06. The van der Waals surface area contributed by atoms with Gasteiger partial charge in [-0.05, 0) is 38.8 Å². The largest absolute Gasteiger partial charge is 0.382 e. The Hall–Kier alpha value is -1.81. The Morgan fingerprint density at radius 2 is 2.05 bits per heavy atom. The third-order valence-corrected chi connectivity index (χ3v) is 3.18. The van der Waals surface area contributed by atoms with Crippen LogP contribution < -0.4 is 5.32 Å². The van der Waals surface area contributed by atoms with Crippen LogP contribution in [0.25, 0.3) is 0 Å². The third kappa shape index (κ3) is 3.84. The summed E-state index contributed by atoms with van der Waals surface area (Å²) in [6.07, 6.45) is 3.07. The van der Waals surface area contributed by atoms with Gasteiger partial charge in [-0.3, -0.25) is 0 Å². The van der Waals surface area contributed by atoms with Crippen molar-refractivity contribution >= 4 is 11.6 Å². The number of nitrogens with one attached hydrogen (secondary N) is 1. The van der Waals surface area contributed by atoms with Gasteiger partial charge in [0.05, 0.1) is 5.69 Å². The standard InChI is InChI=1S/C16H23N3O/c1-4-20-11-7-10-19-12-14(3)17-16(19)18-15-9-6-5-8-13(15)2/h5-6,8-9,12H,4,7,10-11H2,1-3H3,(H,17,18). The quantitative estimate of drug-likeness (QED) is 0.782. The van der Waals surface area contributed by atoms with Gasteiger partial charge in [0.1, 0.15) is 0 Å². The molecule has 0 aliphatic carbocycles. The van der Waals surface area contributed by atoms with E-state index < -0.39 is 0 Å². The van der Waals surface area contributed by atoms with Gasteiger partial charge in [0.2, 0.25) is 5.95 Å². The van der Waals surface area contributed by atoms with Crippen LogP contribution in [-0.2, 0) is 11.3 Å². The van der Waals surface area contributed by atoms with Crippen LogP contribution in [-0.4, -0.2) is 22.8 Å². The van der Waals surface area contributed by atoms with Crippen LogP contribution in [0.4, 0.5) is 11.6 Å². The highest BCUT2D eigenvalue weighted by Crippen LogP contribution is 2.20. The van der Waals surface area contributed by atoms with E-state index in [1.807, 2.05) is 26.0 Å². The molecule has 0 fully saturated rings. The Morgan fingerprint density at radius 1 is 1.25 bits per heavy atom. The van der Waals surface area contributed by atoms with E-state index in [1.165, 1.54) is 5.56 Å². The topological polar surface area (TPSA) is 39.1 Å². The molecule has 20 heavy (non-hydrogen) atoms. The first-order valence-corrected chi connectivity index (χ1v) is 7.15. The number of hydrogen-bond donors (Lipinski definition) is 1. The molecule has 0 amide bonds. The van der Waals surface area contributed by atoms with Crippen molar-refractivity contribution in [3.63, 3.8) is 0 Å². The highest BCUT2D eigenvalue weighted by atomic mass is 16.5. The van der Waals surface area contributed by atoms with Crippen molar-refractivity contribution < 1.29 is 4.74 Å². The first-order valence-electron chi connectivity index (χ1n) is 7.15. The zero-order valence-electron chi connectivity index (χ0n) is 12.5. The summed E-state index contributed by atoms with van der Waals surface area (Å²) < 4.78 is 7.54. The summed E-state index contributed by atoms with van der Waals surface area (Å²) in [6.45, 7) is 8.61. The summed E-state index contributed by atoms with van der Waals surface area (Å²) in [4.78, 5) is 4.56. The lowest BCUT2D eigenvalue weighted by Gasteiger charge is -2.11. The molecule has 108 valence electrons. The summed E-state index contributed by atoms with van der Waals surface area (Å²) >= 11 is 0. The summed E-state index contributed by atoms with van der Waals surface area (Å²) in [5.41, 5.74) is 3.34. The molecule has 0 bridgehead atoms. The van der Waals surface area contributed by atoms with Crippen molar-refractivity contribution in [2.24, 2.45) is 0 Å². The molecular weight excluding hydrogens is 250 g/mol. The van der Waals surface area contributed by atoms with E-state index >= 15 is 0 Å². The molecule has 0 saturated heterocycles. The van der Waals surface area contributed by atoms with Gasteiger partial charge in [-0.15, -0.1) is 0 Å². The molecule has 4 heteroatoms. The van der Waals surface area contributed by atoms with Gasteiger partial charge in [-0.1, -0.05) is 18.2 Å². The summed E-state index contributed by atoms with van der Waals surface area (Å²) in [5, 5.41) is 3.41. The molecule has 0 unspecified atom stereocenters. The monoisotopic (exact) mass is 273 g/mol. The highest BCUT2D eigenvalue weighted by Gasteiger charge is 2.07. The van der Waals surface area contributed by atoms with Gasteiger partial charge in [0.15, 0.2) is 0 Å². The summed E-state index contributed by atoms with van der Waals surface area (Å²) in [7, 11) is 0. The molecule has 0 radical (unpaired) electrons. The summed E-state index contributed by atoms with van der Waals surface area (Å²) in [5.74, 6) is 0.897. The minimum absolute atomic E-state index is 0.775. The van der Waals surface area contributed by atoms with Crippen molar-refractivity contribution in [3.8, 4) is 0 Å². The van der Waals surface area contributed by atoms with Gasteiger partial charge in [-0.2, -0.15) is 0 Å². The van der Waals surface area contributed by atoms with E-state index in [2.05, 4.69) is 40.1 Å². The van der Waals surface area contributed by atoms with Gasteiger partial charge in [-0.25, -0.2) is 4.98 Å². The second kappa shape index (κ2) is 7.10. The number of aryl methyl sites for hydroxylation is 3. The molecule has 0 spiro atoms. The fraction of sp³-hybridized carbons (Fsp3) is 0.438. The molecule has 0 atom stereocenters. The normalized spacial score (nSPS) is 10.8. The minimum atomic E-state index is 0.775. The molecule has 1 aromatic heterocycles. The third-order valence-electron chi connectivity index (χ3n) is 3.18. The van der Waals surface area contributed by atoms with Crippen molar-refractivity contribution in [2.45, 2.75) is 33.7 Å². The zero-order valence-corrected chi connectivity index (χ0v) is 12.5. The number of para-hydroxylation sites is 1. The van der Waals surface area contributed by atoms with Gasteiger partial charge >= 0.3 is 0 Å². The zero-order chi connectivity index (χ0) is 14.4. The Bertz CT molecular complexity index is 548. The Labute approximate surface area is 120 Å². The van der Waals surface area contributed by atoms with Gasteiger partial charge in [0, 0.05) is 31.6 Å². The number of ether oxygens (including phenoxy) is 1. The minimum Gasteiger partial charge on any atom is -0.382 e. The molecule has 4 nitrogen and oxygen atoms in total. The summed E-state index contributed by atoms with van der Waals surface area (Å²) in [6, 6.07) is 8.24. The fourth-order valence-corrected chi connectivity index (χ4v) is 2.13. The van der Waals surface area contributed by atoms with Crippen LogP contribution in [0.5, 0.6) is 0 Å². The van der Waals surface area contributed by atoms with Gasteiger partial charge in [0.25, 0.3) is 0 Å². The average Bonchev–Trinajstić information content (AvgIpc) is 2.78. The second-order valence-corrected chi connectivity index (χ2v) is 4.89. The average molecular weight is 273 g/mol. The maximum Gasteiger partial charge on any atom is 0.207 e. The highest BCUT2D eigenvalue weighted by molar-refractivity contribution is 5.58. The van der Waals surface area contributed by atoms with Crippen LogP contribution in [0, 0.1) is 13.8 Å². The smallest absolute Gasteiger partial charge is 0.207 e. The number of benzene rings is 1. The lowest BCUT2D eigenvalue weighted by molar-refractivity contribution is 0.142. The first-order chi connectivity index (χ1) is 9.70. The SMILES string of the molecule is CCOCCCn1cc(C)nc1Nc1ccccc1C. The molecule has 1 aromatic carbocycles. The molecule has 2 aromatic rings. The molecule has 1 heterocycles. The van der Waals surface area contributed by atoms with Crippen molar-refractivity contribution in [2.75, 3.05) is 18.5 Å². The maximum absolute atomic E-state index is 5.39. The van der Waals surface area contributed by atoms with Crippen LogP contribution >= 0.6 is 0 Å². The van der Waals surface area contributed by atoms with Crippen LogP contribution in [0.3, 0.4) is 0 Å². The fourth-order valence-electron chi connectivity index (χ4n) is 2.13. The predicted octanol–water partition coefficient (Wildman–Crippen LogP) is 3.67. The number of aromatic nitrogens is 2. The second-order valence-electron chi connectivity index (χ2n) is 4.89. The predicted molar refractivity (Wildman–Crippen MR) is 82.5 cm³/mol. The molecule has 0 aliphatic heterocycles. The van der Waals surface area contributed by atoms with Crippen molar-refractivity contribution in [1.82, 2.24) is 9.55 Å². The van der Waals surface area contributed by atoms with Crippen molar-refractivity contribution in [3.05, 3.63) is 41.7 Å². The Kier molecular flexibility index (Phi) is 5.18. The Balaban J connectivity index is 2.06. The van der Waals surface area contributed by atoms with Gasteiger partial charge < -0.3 is 14.6 Å². The number of anilines is 2. The molecule has 1 N–H and O–H groups in total. The molecule has 2 rings (SSSR count). The number of rotatable bonds is 7. The van der Waals surface area contributed by atoms with E-state index in [0.717, 1.165) is 43.5 Å². The van der Waals surface area contributed by atoms with E-state index in [1.54, 1.807) is 0 Å². The van der Waals surface area contributed by atoms with E-state index in [-0.39, 0.29) is 0 Å². The van der Waals surface area contributed by atoms with Crippen molar-refractivity contribution in [1.29, 1.82) is 0 Å². The number of imidazole rings is 1.